The van der Waals surface area contributed by atoms with E-state index in [0.717, 1.165) is 0 Å². The maximum Gasteiger partial charge on any atom is 0.326 e. The Morgan fingerprint density at radius 1 is 0.971 bits per heavy atom. The van der Waals surface area contributed by atoms with Gasteiger partial charge in [-0.15, -0.1) is 0 Å². The van der Waals surface area contributed by atoms with Crippen molar-refractivity contribution in [2.45, 2.75) is 57.3 Å². The number of benzene rings is 1. The van der Waals surface area contributed by atoms with Crippen LogP contribution in [0.2, 0.25) is 0 Å². The fraction of sp³-hybridized carbons (Fsp3) is 0.500. The summed E-state index contributed by atoms with van der Waals surface area (Å²) in [5.74, 6) is -5.07. The van der Waals surface area contributed by atoms with E-state index >= 15 is 0 Å². The minimum atomic E-state index is -1.46. The van der Waals surface area contributed by atoms with Gasteiger partial charge in [-0.3, -0.25) is 19.2 Å². The molecule has 0 fully saturated rings. The molecular formula is C22H33N5O7S. The molecule has 0 saturated carbocycles. The van der Waals surface area contributed by atoms with Crippen LogP contribution in [0, 0.1) is 5.92 Å². The quantitative estimate of drug-likeness (QED) is 0.139. The molecule has 0 aliphatic heterocycles. The third-order valence-electron chi connectivity index (χ3n) is 5.36. The molecule has 4 amide bonds. The molecule has 0 spiro atoms. The topological polar surface area (TPSA) is 214 Å². The number of primary amides is 1. The van der Waals surface area contributed by atoms with Crippen LogP contribution in [-0.4, -0.2) is 69.7 Å². The van der Waals surface area contributed by atoms with E-state index in [9.17, 15) is 34.2 Å². The molecule has 12 nitrogen and oxygen atoms in total. The number of carbonyl (C=O) groups excluding carboxylic acids is 4. The van der Waals surface area contributed by atoms with Gasteiger partial charge in [-0.2, -0.15) is 12.6 Å². The maximum absolute atomic E-state index is 12.7. The van der Waals surface area contributed by atoms with Crippen molar-refractivity contribution in [2.75, 3.05) is 5.75 Å². The molecule has 0 heterocycles. The first-order chi connectivity index (χ1) is 16.4. The number of nitrogens with one attached hydrogen (secondary N) is 3. The Hall–Kier alpha value is -3.32. The van der Waals surface area contributed by atoms with E-state index in [2.05, 4.69) is 28.6 Å². The van der Waals surface area contributed by atoms with Crippen LogP contribution in [0.5, 0.6) is 5.75 Å². The molecule has 1 aromatic rings. The summed E-state index contributed by atoms with van der Waals surface area (Å²) in [6.07, 6.45) is 0.00614. The molecule has 0 aliphatic carbocycles. The van der Waals surface area contributed by atoms with E-state index in [1.54, 1.807) is 26.0 Å². The molecule has 0 aromatic heterocycles. The second-order valence-corrected chi connectivity index (χ2v) is 8.53. The zero-order valence-corrected chi connectivity index (χ0v) is 20.5. The summed E-state index contributed by atoms with van der Waals surface area (Å²) in [6, 6.07) is 1.17. The van der Waals surface area contributed by atoms with Gasteiger partial charge in [0.05, 0.1) is 12.5 Å². The maximum atomic E-state index is 12.7. The first kappa shape index (κ1) is 29.7. The molecule has 13 heteroatoms. The first-order valence-corrected chi connectivity index (χ1v) is 11.6. The lowest BCUT2D eigenvalue weighted by molar-refractivity contribution is -0.144. The van der Waals surface area contributed by atoms with Gasteiger partial charge in [-0.1, -0.05) is 32.4 Å². The fourth-order valence-corrected chi connectivity index (χ4v) is 3.33. The number of aliphatic carboxylic acids is 1. The predicted octanol–water partition coefficient (Wildman–Crippen LogP) is -1.35. The Kier molecular flexibility index (Phi) is 12.0. The average molecular weight is 512 g/mol. The highest BCUT2D eigenvalue weighted by atomic mass is 32.1. The number of carboxylic acids is 1. The number of nitrogens with two attached hydrogens (primary N) is 2. The largest absolute Gasteiger partial charge is 0.508 e. The third kappa shape index (κ3) is 9.83. The lowest BCUT2D eigenvalue weighted by Crippen LogP contribution is -2.59. The van der Waals surface area contributed by atoms with Crippen LogP contribution in [0.15, 0.2) is 24.3 Å². The van der Waals surface area contributed by atoms with Crippen molar-refractivity contribution in [2.24, 2.45) is 17.4 Å². The number of carboxylic acid groups (broad SMARTS) is 1. The zero-order chi connectivity index (χ0) is 26.7. The van der Waals surface area contributed by atoms with Crippen molar-refractivity contribution in [3.05, 3.63) is 29.8 Å². The average Bonchev–Trinajstić information content (AvgIpc) is 2.80. The second-order valence-electron chi connectivity index (χ2n) is 8.16. The molecule has 5 unspecified atom stereocenters. The van der Waals surface area contributed by atoms with Crippen LogP contribution in [0.1, 0.15) is 32.3 Å². The van der Waals surface area contributed by atoms with Gasteiger partial charge in [0.1, 0.15) is 23.9 Å². The molecule has 0 saturated heterocycles. The van der Waals surface area contributed by atoms with Gasteiger partial charge in [0.2, 0.25) is 23.6 Å². The number of thiol groups is 1. The lowest BCUT2D eigenvalue weighted by atomic mass is 9.98. The van der Waals surface area contributed by atoms with Crippen LogP contribution in [0.25, 0.3) is 0 Å². The van der Waals surface area contributed by atoms with Crippen molar-refractivity contribution < 1.29 is 34.2 Å². The van der Waals surface area contributed by atoms with Crippen LogP contribution in [0.4, 0.5) is 0 Å². The summed E-state index contributed by atoms with van der Waals surface area (Å²) in [5, 5.41) is 25.8. The first-order valence-electron chi connectivity index (χ1n) is 11.0. The standard InChI is InChI=1S/C22H33N5O7S/c1-3-11(2)18(22(33)34)27-20(31)15(9-17(24)29)25-21(32)16(10-35)26-19(30)14(23)8-12-4-6-13(28)7-5-12/h4-7,11,14-16,18,28,35H,3,8-10,23H2,1-2H3,(H2,24,29)(H,25,32)(H,26,30)(H,27,31)(H,33,34). The Morgan fingerprint density at radius 3 is 2.00 bits per heavy atom. The number of hydrogen-bond acceptors (Lipinski definition) is 8. The van der Waals surface area contributed by atoms with E-state index in [4.69, 9.17) is 11.5 Å². The van der Waals surface area contributed by atoms with Crippen LogP contribution >= 0.6 is 12.6 Å². The van der Waals surface area contributed by atoms with Crippen LogP contribution in [0.3, 0.4) is 0 Å². The van der Waals surface area contributed by atoms with Crippen LogP contribution in [-0.2, 0) is 30.4 Å². The van der Waals surface area contributed by atoms with Crippen molar-refractivity contribution in [1.29, 1.82) is 0 Å². The van der Waals surface area contributed by atoms with Gasteiger partial charge < -0.3 is 37.6 Å². The van der Waals surface area contributed by atoms with Crippen molar-refractivity contribution >= 4 is 42.2 Å². The molecule has 9 N–H and O–H groups in total. The molecule has 5 atom stereocenters. The lowest BCUT2D eigenvalue weighted by Gasteiger charge is -2.25. The molecule has 1 rings (SSSR count). The normalized spacial score (nSPS) is 15.1. The Bertz CT molecular complexity index is 912. The van der Waals surface area contributed by atoms with Gasteiger partial charge in [0, 0.05) is 5.75 Å². The Balaban J connectivity index is 2.86. The van der Waals surface area contributed by atoms with Crippen molar-refractivity contribution in [3.63, 3.8) is 0 Å². The minimum absolute atomic E-state index is 0.0620. The van der Waals surface area contributed by atoms with Gasteiger partial charge in [-0.05, 0) is 30.0 Å². The van der Waals surface area contributed by atoms with E-state index in [0.29, 0.717) is 12.0 Å². The Labute approximate surface area is 208 Å². The summed E-state index contributed by atoms with van der Waals surface area (Å²) in [6.45, 7) is 3.39. The van der Waals surface area contributed by atoms with E-state index in [1.807, 2.05) is 0 Å². The molecule has 0 aliphatic rings. The number of aromatic hydroxyl groups is 1. The van der Waals surface area contributed by atoms with Gasteiger partial charge in [0.15, 0.2) is 0 Å². The number of hydrogen-bond donors (Lipinski definition) is 8. The van der Waals surface area contributed by atoms with Crippen molar-refractivity contribution in [1.82, 2.24) is 16.0 Å². The van der Waals surface area contributed by atoms with Gasteiger partial charge >= 0.3 is 5.97 Å². The SMILES string of the molecule is CCC(C)C(NC(=O)C(CC(N)=O)NC(=O)C(CS)NC(=O)C(N)Cc1ccc(O)cc1)C(=O)O. The summed E-state index contributed by atoms with van der Waals surface area (Å²) >= 11 is 4.06. The molecule has 0 bridgehead atoms. The monoisotopic (exact) mass is 511 g/mol. The summed E-state index contributed by atoms with van der Waals surface area (Å²) in [4.78, 5) is 60.9. The van der Waals surface area contributed by atoms with Gasteiger partial charge in [-0.25, -0.2) is 4.79 Å². The van der Waals surface area contributed by atoms with E-state index < -0.39 is 66.1 Å². The van der Waals surface area contributed by atoms with E-state index in [1.165, 1.54) is 12.1 Å². The Morgan fingerprint density at radius 2 is 1.51 bits per heavy atom. The highest BCUT2D eigenvalue weighted by Gasteiger charge is 2.32. The number of phenols is 1. The number of amides is 4. The molecular weight excluding hydrogens is 478 g/mol. The number of carbonyl (C=O) groups is 5. The smallest absolute Gasteiger partial charge is 0.326 e. The predicted molar refractivity (Wildman–Crippen MR) is 130 cm³/mol. The highest BCUT2D eigenvalue weighted by Crippen LogP contribution is 2.11. The highest BCUT2D eigenvalue weighted by molar-refractivity contribution is 7.80. The fourth-order valence-electron chi connectivity index (χ4n) is 3.07. The second kappa shape index (κ2) is 14.2. The molecule has 1 aromatic carbocycles. The van der Waals surface area contributed by atoms with Crippen LogP contribution < -0.4 is 27.4 Å². The third-order valence-corrected chi connectivity index (χ3v) is 5.72. The number of phenolic OH excluding ortho intramolecular Hbond substituents is 1. The van der Waals surface area contributed by atoms with Gasteiger partial charge in [0.25, 0.3) is 0 Å². The molecule has 194 valence electrons. The molecule has 0 radical (unpaired) electrons. The number of rotatable bonds is 14. The van der Waals surface area contributed by atoms with Crippen molar-refractivity contribution in [3.8, 4) is 5.75 Å². The van der Waals surface area contributed by atoms with E-state index in [-0.39, 0.29) is 17.9 Å². The summed E-state index contributed by atoms with van der Waals surface area (Å²) < 4.78 is 0. The minimum Gasteiger partial charge on any atom is -0.508 e. The summed E-state index contributed by atoms with van der Waals surface area (Å²) in [7, 11) is 0. The summed E-state index contributed by atoms with van der Waals surface area (Å²) in [5.41, 5.74) is 11.8. The zero-order valence-electron chi connectivity index (χ0n) is 19.6. The molecule has 35 heavy (non-hydrogen) atoms.